The second-order valence-corrected chi connectivity index (χ2v) is 6.56. The molecule has 4 rings (SSSR count). The van der Waals surface area contributed by atoms with Crippen molar-refractivity contribution in [3.8, 4) is 0 Å². The lowest BCUT2D eigenvalue weighted by molar-refractivity contribution is -0.0725. The quantitative estimate of drug-likeness (QED) is 0.824. The fourth-order valence-corrected chi connectivity index (χ4v) is 2.88. The number of nitrogens with one attached hydrogen (secondary N) is 1. The summed E-state index contributed by atoms with van der Waals surface area (Å²) in [6, 6.07) is 6.14. The van der Waals surface area contributed by atoms with Crippen molar-refractivity contribution in [2.24, 2.45) is 10.9 Å². The van der Waals surface area contributed by atoms with Crippen LogP contribution in [0.15, 0.2) is 35.6 Å². The van der Waals surface area contributed by atoms with Crippen molar-refractivity contribution in [1.82, 2.24) is 20.0 Å². The van der Waals surface area contributed by atoms with E-state index in [1.807, 2.05) is 0 Å². The molecule has 1 aromatic heterocycles. The van der Waals surface area contributed by atoms with Crippen LogP contribution in [0.25, 0.3) is 0 Å². The van der Waals surface area contributed by atoms with Crippen molar-refractivity contribution in [2.75, 3.05) is 6.54 Å². The topological polar surface area (TPSA) is 45.5 Å². The predicted molar refractivity (Wildman–Crippen MR) is 87.1 cm³/mol. The first-order valence-corrected chi connectivity index (χ1v) is 8.36. The Bertz CT molecular complexity index is 838. The van der Waals surface area contributed by atoms with Crippen molar-refractivity contribution in [3.05, 3.63) is 47.7 Å². The first kappa shape index (κ1) is 17.0. The highest BCUT2D eigenvalue weighted by molar-refractivity contribution is 5.90. The third-order valence-corrected chi connectivity index (χ3v) is 4.48. The van der Waals surface area contributed by atoms with Crippen LogP contribution in [-0.4, -0.2) is 33.1 Å². The van der Waals surface area contributed by atoms with E-state index in [2.05, 4.69) is 15.4 Å². The van der Waals surface area contributed by atoms with Crippen molar-refractivity contribution in [1.29, 1.82) is 0 Å². The molecule has 0 unspecified atom stereocenters. The van der Waals surface area contributed by atoms with Crippen LogP contribution in [0.3, 0.4) is 0 Å². The van der Waals surface area contributed by atoms with Gasteiger partial charge in [0, 0.05) is 12.1 Å². The Hall–Kier alpha value is -2.42. The zero-order valence-corrected chi connectivity index (χ0v) is 13.8. The van der Waals surface area contributed by atoms with Gasteiger partial charge in [0.2, 0.25) is 5.84 Å². The van der Waals surface area contributed by atoms with Gasteiger partial charge in [-0.1, -0.05) is 18.2 Å². The summed E-state index contributed by atoms with van der Waals surface area (Å²) < 4.78 is 55.7. The Labute approximate surface area is 147 Å². The lowest BCUT2D eigenvalue weighted by Gasteiger charge is -2.30. The molecule has 0 radical (unpaired) electrons. The third kappa shape index (κ3) is 3.44. The number of imidazole rings is 1. The number of rotatable bonds is 5. The molecule has 1 N–H and O–H groups in total. The lowest BCUT2D eigenvalue weighted by Crippen LogP contribution is -2.50. The van der Waals surface area contributed by atoms with E-state index in [0.717, 1.165) is 17.9 Å². The number of nitrogens with zero attached hydrogens (tertiary/aromatic N) is 4. The van der Waals surface area contributed by atoms with Gasteiger partial charge in [0.15, 0.2) is 5.82 Å². The maximum absolute atomic E-state index is 13.9. The fraction of sp³-hybridized carbons (Fsp3) is 0.412. The van der Waals surface area contributed by atoms with E-state index in [-0.39, 0.29) is 18.9 Å². The molecule has 0 bridgehead atoms. The summed E-state index contributed by atoms with van der Waals surface area (Å²) in [5.74, 6) is -0.881. The number of alkyl halides is 3. The van der Waals surface area contributed by atoms with Crippen LogP contribution >= 0.6 is 0 Å². The minimum atomic E-state index is -4.60. The summed E-state index contributed by atoms with van der Waals surface area (Å²) in [5.41, 5.74) is 3.62. The van der Waals surface area contributed by atoms with Crippen LogP contribution in [0, 0.1) is 11.7 Å². The molecule has 26 heavy (non-hydrogen) atoms. The Morgan fingerprint density at radius 2 is 1.96 bits per heavy atom. The molecule has 2 heterocycles. The molecule has 0 spiro atoms. The van der Waals surface area contributed by atoms with Gasteiger partial charge in [0.25, 0.3) is 0 Å². The second-order valence-electron chi connectivity index (χ2n) is 6.56. The zero-order chi connectivity index (χ0) is 18.3. The molecule has 1 aliphatic carbocycles. The van der Waals surface area contributed by atoms with Crippen LogP contribution in [0.5, 0.6) is 0 Å². The maximum atomic E-state index is 13.9. The molecule has 2 aliphatic rings. The molecule has 0 amide bonds. The zero-order valence-electron chi connectivity index (χ0n) is 13.8. The standard InChI is InChI=1S/C17H17F4N5/c18-13-4-2-1-3-12(13)8-25-10-22-14-9-26(23-7-11-5-6-11)16(17(19,20)21)24-15(14)25/h1-4,10-11,23H,5-9H2. The van der Waals surface area contributed by atoms with E-state index < -0.39 is 17.8 Å². The average molecular weight is 367 g/mol. The minimum absolute atomic E-state index is 0.0370. The number of aliphatic imine (C=N–C) groups is 1. The molecule has 0 atom stereocenters. The second kappa shape index (κ2) is 6.39. The highest BCUT2D eigenvalue weighted by Gasteiger charge is 2.43. The van der Waals surface area contributed by atoms with Gasteiger partial charge in [-0.15, -0.1) is 0 Å². The molecular formula is C17H17F4N5. The van der Waals surface area contributed by atoms with Crippen molar-refractivity contribution in [2.45, 2.75) is 32.1 Å². The summed E-state index contributed by atoms with van der Waals surface area (Å²) in [5, 5.41) is 1.01. The number of fused-ring (bicyclic) bond motifs is 1. The summed E-state index contributed by atoms with van der Waals surface area (Å²) in [7, 11) is 0. The van der Waals surface area contributed by atoms with Crippen LogP contribution in [0.1, 0.15) is 24.1 Å². The Balaban J connectivity index is 1.63. The predicted octanol–water partition coefficient (Wildman–Crippen LogP) is 3.39. The molecule has 5 nitrogen and oxygen atoms in total. The minimum Gasteiger partial charge on any atom is -0.311 e. The number of benzene rings is 1. The summed E-state index contributed by atoms with van der Waals surface area (Å²) in [4.78, 5) is 7.99. The number of halogens is 4. The molecule has 9 heteroatoms. The van der Waals surface area contributed by atoms with E-state index in [9.17, 15) is 17.6 Å². The number of amidine groups is 1. The maximum Gasteiger partial charge on any atom is 0.450 e. The van der Waals surface area contributed by atoms with Gasteiger partial charge in [0.1, 0.15) is 11.5 Å². The van der Waals surface area contributed by atoms with Gasteiger partial charge in [-0.2, -0.15) is 13.2 Å². The lowest BCUT2D eigenvalue weighted by atomic mass is 10.2. The van der Waals surface area contributed by atoms with E-state index >= 15 is 0 Å². The van der Waals surface area contributed by atoms with E-state index in [1.54, 1.807) is 18.2 Å². The highest BCUT2D eigenvalue weighted by Crippen LogP contribution is 2.32. The summed E-state index contributed by atoms with van der Waals surface area (Å²) >= 11 is 0. The van der Waals surface area contributed by atoms with Gasteiger partial charge < -0.3 is 4.57 Å². The Kier molecular flexibility index (Phi) is 4.18. The molecule has 138 valence electrons. The van der Waals surface area contributed by atoms with E-state index in [4.69, 9.17) is 0 Å². The number of hydrogen-bond donors (Lipinski definition) is 1. The fourth-order valence-electron chi connectivity index (χ4n) is 2.88. The molecule has 1 aliphatic heterocycles. The van der Waals surface area contributed by atoms with E-state index in [1.165, 1.54) is 17.0 Å². The van der Waals surface area contributed by atoms with Crippen molar-refractivity contribution in [3.63, 3.8) is 0 Å². The van der Waals surface area contributed by atoms with Crippen LogP contribution in [0.2, 0.25) is 0 Å². The number of hydrogen-bond acceptors (Lipinski definition) is 4. The molecule has 1 fully saturated rings. The van der Waals surface area contributed by atoms with Crippen LogP contribution < -0.4 is 5.43 Å². The third-order valence-electron chi connectivity index (χ3n) is 4.48. The van der Waals surface area contributed by atoms with Crippen LogP contribution in [0.4, 0.5) is 23.4 Å². The number of aromatic nitrogens is 2. The van der Waals surface area contributed by atoms with Gasteiger partial charge in [-0.05, 0) is 24.8 Å². The van der Waals surface area contributed by atoms with E-state index in [0.29, 0.717) is 23.7 Å². The summed E-state index contributed by atoms with van der Waals surface area (Å²) in [6.45, 7) is 0.518. The summed E-state index contributed by atoms with van der Waals surface area (Å²) in [6.07, 6.45) is -1.13. The van der Waals surface area contributed by atoms with Crippen molar-refractivity contribution >= 4 is 11.7 Å². The number of hydrazine groups is 1. The molecule has 1 saturated carbocycles. The average Bonchev–Trinajstić information content (AvgIpc) is 3.34. The van der Waals surface area contributed by atoms with Gasteiger partial charge in [-0.3, -0.25) is 5.01 Å². The SMILES string of the molecule is Fc1ccccc1Cn1cnc2c1N=C(C(F)(F)F)N(NCC1CC1)C2. The van der Waals surface area contributed by atoms with Crippen molar-refractivity contribution < 1.29 is 17.6 Å². The van der Waals surface area contributed by atoms with Gasteiger partial charge in [-0.25, -0.2) is 19.8 Å². The molecule has 0 saturated heterocycles. The molecule has 1 aromatic carbocycles. The Morgan fingerprint density at radius 1 is 1.19 bits per heavy atom. The van der Waals surface area contributed by atoms with Gasteiger partial charge >= 0.3 is 6.18 Å². The largest absolute Gasteiger partial charge is 0.450 e. The van der Waals surface area contributed by atoms with Gasteiger partial charge in [0.05, 0.1) is 19.4 Å². The molecular weight excluding hydrogens is 350 g/mol. The highest BCUT2D eigenvalue weighted by atomic mass is 19.4. The normalized spacial score (nSPS) is 17.2. The Morgan fingerprint density at radius 3 is 2.65 bits per heavy atom. The van der Waals surface area contributed by atoms with Crippen LogP contribution in [-0.2, 0) is 13.1 Å². The first-order valence-electron chi connectivity index (χ1n) is 8.36. The first-order chi connectivity index (χ1) is 12.4. The monoisotopic (exact) mass is 367 g/mol. The molecule has 2 aromatic rings. The smallest absolute Gasteiger partial charge is 0.311 e.